The zero-order valence-electron chi connectivity index (χ0n) is 10.9. The zero-order chi connectivity index (χ0) is 14.7. The molecular weight excluding hydrogens is 284 g/mol. The van der Waals surface area contributed by atoms with Crippen molar-refractivity contribution in [3.05, 3.63) is 64.2 Å². The molecule has 0 aliphatic carbocycles. The lowest BCUT2D eigenvalue weighted by atomic mass is 9.99. The highest BCUT2D eigenvalue weighted by Gasteiger charge is 2.13. The van der Waals surface area contributed by atoms with Gasteiger partial charge in [-0.1, -0.05) is 23.7 Å². The molecule has 0 amide bonds. The molecule has 106 valence electrons. The van der Waals surface area contributed by atoms with E-state index < -0.39 is 17.7 Å². The van der Waals surface area contributed by atoms with E-state index in [0.29, 0.717) is 22.6 Å². The van der Waals surface area contributed by atoms with Crippen molar-refractivity contribution in [1.29, 1.82) is 0 Å². The van der Waals surface area contributed by atoms with Gasteiger partial charge >= 0.3 is 0 Å². The summed E-state index contributed by atoms with van der Waals surface area (Å²) in [5.74, 6) is -0.757. The van der Waals surface area contributed by atoms with Crippen LogP contribution < -0.4 is 10.5 Å². The van der Waals surface area contributed by atoms with Crippen LogP contribution in [0.1, 0.15) is 17.2 Å². The highest BCUT2D eigenvalue weighted by molar-refractivity contribution is 6.30. The fraction of sp³-hybridized carbons (Fsp3) is 0.200. The topological polar surface area (TPSA) is 35.2 Å². The summed E-state index contributed by atoms with van der Waals surface area (Å²) in [5.41, 5.74) is 6.99. The van der Waals surface area contributed by atoms with Crippen LogP contribution in [0.15, 0.2) is 36.4 Å². The molecule has 20 heavy (non-hydrogen) atoms. The molecule has 0 saturated carbocycles. The molecule has 0 radical (unpaired) electrons. The Morgan fingerprint density at radius 1 is 1.15 bits per heavy atom. The molecule has 0 bridgehead atoms. The molecule has 0 heterocycles. The van der Waals surface area contributed by atoms with Crippen LogP contribution in [0, 0.1) is 11.6 Å². The van der Waals surface area contributed by atoms with Crippen molar-refractivity contribution in [2.24, 2.45) is 5.73 Å². The Morgan fingerprint density at radius 3 is 2.50 bits per heavy atom. The summed E-state index contributed by atoms with van der Waals surface area (Å²) in [6, 6.07) is 8.33. The molecule has 0 aromatic heterocycles. The van der Waals surface area contributed by atoms with Crippen molar-refractivity contribution >= 4 is 11.6 Å². The first-order valence-corrected chi connectivity index (χ1v) is 6.42. The number of hydrogen-bond acceptors (Lipinski definition) is 2. The smallest absolute Gasteiger partial charge is 0.165 e. The van der Waals surface area contributed by atoms with Gasteiger partial charge in [0.05, 0.1) is 7.11 Å². The van der Waals surface area contributed by atoms with Gasteiger partial charge in [0.15, 0.2) is 11.6 Å². The minimum absolute atomic E-state index is 0.167. The second kappa shape index (κ2) is 6.20. The fourth-order valence-electron chi connectivity index (χ4n) is 2.00. The summed E-state index contributed by atoms with van der Waals surface area (Å²) in [7, 11) is 1.40. The zero-order valence-corrected chi connectivity index (χ0v) is 11.6. The summed E-state index contributed by atoms with van der Waals surface area (Å²) in [6.07, 6.45) is 0.319. The van der Waals surface area contributed by atoms with Gasteiger partial charge < -0.3 is 10.5 Å². The Hall–Kier alpha value is -1.65. The minimum atomic E-state index is -0.569. The van der Waals surface area contributed by atoms with E-state index in [9.17, 15) is 8.78 Å². The van der Waals surface area contributed by atoms with Gasteiger partial charge in [-0.15, -0.1) is 0 Å². The molecule has 2 aromatic carbocycles. The summed E-state index contributed by atoms with van der Waals surface area (Å²) < 4.78 is 32.2. The molecule has 0 spiro atoms. The average Bonchev–Trinajstić information content (AvgIpc) is 2.38. The number of methoxy groups -OCH3 is 1. The van der Waals surface area contributed by atoms with Gasteiger partial charge in [-0.3, -0.25) is 0 Å². The first kappa shape index (κ1) is 14.8. The van der Waals surface area contributed by atoms with E-state index in [1.807, 2.05) is 0 Å². The number of rotatable bonds is 4. The molecular formula is C15H14ClF2NO. The normalized spacial score (nSPS) is 12.2. The van der Waals surface area contributed by atoms with Gasteiger partial charge in [-0.05, 0) is 36.2 Å². The van der Waals surface area contributed by atoms with Gasteiger partial charge in [0.1, 0.15) is 5.82 Å². The van der Waals surface area contributed by atoms with Crippen LogP contribution in [0.25, 0.3) is 0 Å². The predicted molar refractivity (Wildman–Crippen MR) is 75.0 cm³/mol. The highest BCUT2D eigenvalue weighted by Crippen LogP contribution is 2.24. The van der Waals surface area contributed by atoms with Crippen molar-refractivity contribution in [1.82, 2.24) is 0 Å². The molecule has 2 N–H and O–H groups in total. The summed E-state index contributed by atoms with van der Waals surface area (Å²) in [5, 5.41) is 0.314. The van der Waals surface area contributed by atoms with Crippen LogP contribution in [0.3, 0.4) is 0 Å². The van der Waals surface area contributed by atoms with Gasteiger partial charge in [-0.25, -0.2) is 8.78 Å². The molecule has 0 saturated heterocycles. The van der Waals surface area contributed by atoms with Crippen LogP contribution in [-0.2, 0) is 6.42 Å². The third kappa shape index (κ3) is 3.26. The Bertz CT molecular complexity index is 619. The van der Waals surface area contributed by atoms with Crippen molar-refractivity contribution in [3.8, 4) is 5.75 Å². The number of nitrogens with two attached hydrogens (primary N) is 1. The third-order valence-electron chi connectivity index (χ3n) is 3.03. The van der Waals surface area contributed by atoms with Gasteiger partial charge in [-0.2, -0.15) is 0 Å². The number of ether oxygens (including phenoxy) is 1. The Balaban J connectivity index is 2.18. The first-order chi connectivity index (χ1) is 9.51. The van der Waals surface area contributed by atoms with Gasteiger partial charge in [0, 0.05) is 16.6 Å². The molecule has 0 fully saturated rings. The van der Waals surface area contributed by atoms with E-state index in [0.717, 1.165) is 0 Å². The third-order valence-corrected chi connectivity index (χ3v) is 3.27. The standard InChI is InChI=1S/C15H14ClF2NO/c1-20-15-5-2-9(6-13(15)18)7-14(19)11-4-3-10(16)8-12(11)17/h2-6,8,14H,7,19H2,1H3. The van der Waals surface area contributed by atoms with E-state index in [1.54, 1.807) is 18.2 Å². The molecule has 2 nitrogen and oxygen atoms in total. The first-order valence-electron chi connectivity index (χ1n) is 6.04. The lowest BCUT2D eigenvalue weighted by Gasteiger charge is -2.14. The van der Waals surface area contributed by atoms with E-state index >= 15 is 0 Å². The van der Waals surface area contributed by atoms with Crippen LogP contribution >= 0.6 is 11.6 Å². The monoisotopic (exact) mass is 297 g/mol. The van der Waals surface area contributed by atoms with Crippen molar-refractivity contribution in [2.45, 2.75) is 12.5 Å². The van der Waals surface area contributed by atoms with Gasteiger partial charge in [0.2, 0.25) is 0 Å². The summed E-state index contributed by atoms with van der Waals surface area (Å²) >= 11 is 5.69. The quantitative estimate of drug-likeness (QED) is 0.930. The Kier molecular flexibility index (Phi) is 4.57. The predicted octanol–water partition coefficient (Wildman–Crippen LogP) is 3.87. The van der Waals surface area contributed by atoms with E-state index in [4.69, 9.17) is 22.1 Å². The highest BCUT2D eigenvalue weighted by atomic mass is 35.5. The SMILES string of the molecule is COc1ccc(CC(N)c2ccc(Cl)cc2F)cc1F. The largest absolute Gasteiger partial charge is 0.494 e. The molecule has 1 atom stereocenters. The Labute approximate surface area is 121 Å². The Morgan fingerprint density at radius 2 is 1.90 bits per heavy atom. The summed E-state index contributed by atoms with van der Waals surface area (Å²) in [6.45, 7) is 0. The molecule has 1 unspecified atom stereocenters. The van der Waals surface area contributed by atoms with Crippen LogP contribution in [0.2, 0.25) is 5.02 Å². The average molecular weight is 298 g/mol. The van der Waals surface area contributed by atoms with Crippen LogP contribution in [0.5, 0.6) is 5.75 Å². The van der Waals surface area contributed by atoms with Crippen LogP contribution in [0.4, 0.5) is 8.78 Å². The van der Waals surface area contributed by atoms with Crippen molar-refractivity contribution < 1.29 is 13.5 Å². The number of halogens is 3. The fourth-order valence-corrected chi connectivity index (χ4v) is 2.16. The van der Waals surface area contributed by atoms with Gasteiger partial charge in [0.25, 0.3) is 0 Å². The lowest BCUT2D eigenvalue weighted by molar-refractivity contribution is 0.386. The molecule has 2 aromatic rings. The van der Waals surface area contributed by atoms with E-state index in [2.05, 4.69) is 0 Å². The second-order valence-corrected chi connectivity index (χ2v) is 4.88. The maximum absolute atomic E-state index is 13.7. The maximum atomic E-state index is 13.7. The lowest BCUT2D eigenvalue weighted by Crippen LogP contribution is -2.15. The van der Waals surface area contributed by atoms with Crippen LogP contribution in [-0.4, -0.2) is 7.11 Å². The molecule has 2 rings (SSSR count). The minimum Gasteiger partial charge on any atom is -0.494 e. The maximum Gasteiger partial charge on any atom is 0.165 e. The molecule has 0 aliphatic heterocycles. The number of hydrogen-bond donors (Lipinski definition) is 1. The summed E-state index contributed by atoms with van der Waals surface area (Å²) in [4.78, 5) is 0. The molecule has 0 aliphatic rings. The molecule has 5 heteroatoms. The number of benzene rings is 2. The van der Waals surface area contributed by atoms with Crippen molar-refractivity contribution in [2.75, 3.05) is 7.11 Å². The van der Waals surface area contributed by atoms with E-state index in [-0.39, 0.29) is 5.75 Å². The van der Waals surface area contributed by atoms with Crippen molar-refractivity contribution in [3.63, 3.8) is 0 Å². The second-order valence-electron chi connectivity index (χ2n) is 4.45. The van der Waals surface area contributed by atoms with E-state index in [1.165, 1.54) is 25.3 Å².